The number of benzene rings is 2. The minimum Gasteiger partial charge on any atom is -0.352 e. The zero-order chi connectivity index (χ0) is 15.1. The second-order valence-corrected chi connectivity index (χ2v) is 5.27. The van der Waals surface area contributed by atoms with Crippen molar-refractivity contribution in [3.05, 3.63) is 70.2 Å². The summed E-state index contributed by atoms with van der Waals surface area (Å²) in [5, 5.41) is 3.66. The van der Waals surface area contributed by atoms with E-state index in [0.29, 0.717) is 30.1 Å². The predicted octanol–water partition coefficient (Wildman–Crippen LogP) is 2.81. The third kappa shape index (κ3) is 4.59. The van der Waals surface area contributed by atoms with Gasteiger partial charge in [-0.3, -0.25) is 4.79 Å². The average molecular weight is 303 g/mol. The van der Waals surface area contributed by atoms with Gasteiger partial charge in [-0.1, -0.05) is 41.9 Å². The Morgan fingerprint density at radius 1 is 1.10 bits per heavy atom. The standard InChI is InChI=1S/C17H19ClN2O/c18-15-6-3-4-13(12-15)9-11-20-17(21)16-7-2-1-5-14(16)8-10-19/h1-7,12H,8-11,19H2,(H,20,21). The lowest BCUT2D eigenvalue weighted by molar-refractivity contribution is 0.0953. The van der Waals surface area contributed by atoms with E-state index >= 15 is 0 Å². The van der Waals surface area contributed by atoms with Gasteiger partial charge in [0.1, 0.15) is 0 Å². The molecule has 3 nitrogen and oxygen atoms in total. The van der Waals surface area contributed by atoms with Gasteiger partial charge in [0.25, 0.3) is 5.91 Å². The number of carbonyl (C=O) groups is 1. The van der Waals surface area contributed by atoms with Crippen LogP contribution < -0.4 is 11.1 Å². The van der Waals surface area contributed by atoms with Crippen molar-refractivity contribution in [2.45, 2.75) is 12.8 Å². The van der Waals surface area contributed by atoms with Crippen molar-refractivity contribution in [3.63, 3.8) is 0 Å². The van der Waals surface area contributed by atoms with Crippen LogP contribution in [0.3, 0.4) is 0 Å². The van der Waals surface area contributed by atoms with Gasteiger partial charge >= 0.3 is 0 Å². The summed E-state index contributed by atoms with van der Waals surface area (Å²) in [5.74, 6) is -0.0546. The van der Waals surface area contributed by atoms with Crippen LogP contribution in [0.5, 0.6) is 0 Å². The van der Waals surface area contributed by atoms with Crippen molar-refractivity contribution in [2.75, 3.05) is 13.1 Å². The molecule has 110 valence electrons. The molecule has 2 rings (SSSR count). The summed E-state index contributed by atoms with van der Waals surface area (Å²) in [4.78, 5) is 12.2. The summed E-state index contributed by atoms with van der Waals surface area (Å²) < 4.78 is 0. The fraction of sp³-hybridized carbons (Fsp3) is 0.235. The van der Waals surface area contributed by atoms with Crippen LogP contribution in [0.1, 0.15) is 21.5 Å². The van der Waals surface area contributed by atoms with Crippen molar-refractivity contribution in [1.82, 2.24) is 5.32 Å². The van der Waals surface area contributed by atoms with E-state index in [9.17, 15) is 4.79 Å². The van der Waals surface area contributed by atoms with Gasteiger partial charge in [0, 0.05) is 17.1 Å². The van der Waals surface area contributed by atoms with Crippen molar-refractivity contribution < 1.29 is 4.79 Å². The number of nitrogens with one attached hydrogen (secondary N) is 1. The van der Waals surface area contributed by atoms with Gasteiger partial charge in [-0.25, -0.2) is 0 Å². The molecule has 0 saturated heterocycles. The fourth-order valence-corrected chi connectivity index (χ4v) is 2.44. The minimum atomic E-state index is -0.0546. The molecule has 0 saturated carbocycles. The van der Waals surface area contributed by atoms with Gasteiger partial charge in [0.2, 0.25) is 0 Å². The number of halogens is 1. The topological polar surface area (TPSA) is 55.1 Å². The number of hydrogen-bond acceptors (Lipinski definition) is 2. The molecule has 0 aliphatic carbocycles. The number of rotatable bonds is 6. The highest BCUT2D eigenvalue weighted by molar-refractivity contribution is 6.30. The second kappa shape index (κ2) is 7.81. The van der Waals surface area contributed by atoms with Crippen molar-refractivity contribution in [1.29, 1.82) is 0 Å². The lowest BCUT2D eigenvalue weighted by atomic mass is 10.0. The molecule has 2 aromatic rings. The van der Waals surface area contributed by atoms with E-state index in [2.05, 4.69) is 5.32 Å². The zero-order valence-electron chi connectivity index (χ0n) is 11.8. The highest BCUT2D eigenvalue weighted by atomic mass is 35.5. The Morgan fingerprint density at radius 3 is 2.67 bits per heavy atom. The Morgan fingerprint density at radius 2 is 1.90 bits per heavy atom. The molecule has 21 heavy (non-hydrogen) atoms. The van der Waals surface area contributed by atoms with E-state index < -0.39 is 0 Å². The summed E-state index contributed by atoms with van der Waals surface area (Å²) in [6.07, 6.45) is 1.46. The normalized spacial score (nSPS) is 10.4. The first-order valence-electron chi connectivity index (χ1n) is 7.01. The smallest absolute Gasteiger partial charge is 0.251 e. The van der Waals surface area contributed by atoms with Crippen LogP contribution in [-0.2, 0) is 12.8 Å². The minimum absolute atomic E-state index is 0.0546. The molecule has 3 N–H and O–H groups in total. The van der Waals surface area contributed by atoms with Crippen molar-refractivity contribution >= 4 is 17.5 Å². The van der Waals surface area contributed by atoms with Gasteiger partial charge < -0.3 is 11.1 Å². The van der Waals surface area contributed by atoms with E-state index in [1.165, 1.54) is 0 Å². The fourth-order valence-electron chi connectivity index (χ4n) is 2.22. The van der Waals surface area contributed by atoms with Crippen LogP contribution >= 0.6 is 11.6 Å². The van der Waals surface area contributed by atoms with E-state index in [0.717, 1.165) is 17.5 Å². The summed E-state index contributed by atoms with van der Waals surface area (Å²) in [6.45, 7) is 1.11. The van der Waals surface area contributed by atoms with Gasteiger partial charge in [-0.15, -0.1) is 0 Å². The molecule has 4 heteroatoms. The maximum atomic E-state index is 12.2. The molecule has 0 unspecified atom stereocenters. The molecule has 0 atom stereocenters. The molecule has 0 aliphatic heterocycles. The van der Waals surface area contributed by atoms with Crippen LogP contribution in [-0.4, -0.2) is 19.0 Å². The summed E-state index contributed by atoms with van der Waals surface area (Å²) in [7, 11) is 0. The third-order valence-corrected chi connectivity index (χ3v) is 3.50. The second-order valence-electron chi connectivity index (χ2n) is 4.83. The summed E-state index contributed by atoms with van der Waals surface area (Å²) in [5.41, 5.74) is 8.37. The number of hydrogen-bond donors (Lipinski definition) is 2. The predicted molar refractivity (Wildman–Crippen MR) is 86.7 cm³/mol. The summed E-state index contributed by atoms with van der Waals surface area (Å²) in [6, 6.07) is 15.2. The first-order valence-corrected chi connectivity index (χ1v) is 7.39. The Labute approximate surface area is 130 Å². The van der Waals surface area contributed by atoms with E-state index in [1.54, 1.807) is 0 Å². The molecule has 0 fully saturated rings. The van der Waals surface area contributed by atoms with Crippen LogP contribution in [0.15, 0.2) is 48.5 Å². The molecule has 0 aromatic heterocycles. The van der Waals surface area contributed by atoms with Crippen LogP contribution in [0.2, 0.25) is 5.02 Å². The zero-order valence-corrected chi connectivity index (χ0v) is 12.6. The first kappa shape index (κ1) is 15.5. The van der Waals surface area contributed by atoms with Crippen LogP contribution in [0.4, 0.5) is 0 Å². The Kier molecular flexibility index (Phi) is 5.78. The van der Waals surface area contributed by atoms with Crippen LogP contribution in [0.25, 0.3) is 0 Å². The molecule has 0 spiro atoms. The number of carbonyl (C=O) groups excluding carboxylic acids is 1. The maximum Gasteiger partial charge on any atom is 0.251 e. The number of amides is 1. The molecule has 0 radical (unpaired) electrons. The van der Waals surface area contributed by atoms with Gasteiger partial charge in [-0.05, 0) is 48.7 Å². The molecular weight excluding hydrogens is 284 g/mol. The molecule has 0 bridgehead atoms. The first-order chi connectivity index (χ1) is 10.2. The largest absolute Gasteiger partial charge is 0.352 e. The lowest BCUT2D eigenvalue weighted by Crippen LogP contribution is -2.27. The quantitative estimate of drug-likeness (QED) is 0.862. The molecule has 2 aromatic carbocycles. The SMILES string of the molecule is NCCc1ccccc1C(=O)NCCc1cccc(Cl)c1. The third-order valence-electron chi connectivity index (χ3n) is 3.26. The van der Waals surface area contributed by atoms with Gasteiger partial charge in [0.15, 0.2) is 0 Å². The Bertz CT molecular complexity index is 613. The van der Waals surface area contributed by atoms with Crippen molar-refractivity contribution in [2.24, 2.45) is 5.73 Å². The molecule has 0 aliphatic rings. The average Bonchev–Trinajstić information content (AvgIpc) is 2.48. The number of nitrogens with two attached hydrogens (primary N) is 1. The van der Waals surface area contributed by atoms with E-state index in [4.69, 9.17) is 17.3 Å². The van der Waals surface area contributed by atoms with E-state index in [-0.39, 0.29) is 5.91 Å². The monoisotopic (exact) mass is 302 g/mol. The molecule has 1 amide bonds. The highest BCUT2D eigenvalue weighted by Crippen LogP contribution is 2.11. The van der Waals surface area contributed by atoms with Gasteiger partial charge in [0.05, 0.1) is 0 Å². The van der Waals surface area contributed by atoms with E-state index in [1.807, 2.05) is 48.5 Å². The highest BCUT2D eigenvalue weighted by Gasteiger charge is 2.09. The summed E-state index contributed by atoms with van der Waals surface area (Å²) >= 11 is 5.94. The molecular formula is C17H19ClN2O. The lowest BCUT2D eigenvalue weighted by Gasteiger charge is -2.09. The molecule has 0 heterocycles. The Hall–Kier alpha value is -1.84. The maximum absolute atomic E-state index is 12.2. The van der Waals surface area contributed by atoms with Crippen LogP contribution in [0, 0.1) is 0 Å². The Balaban J connectivity index is 1.93. The van der Waals surface area contributed by atoms with Crippen molar-refractivity contribution in [3.8, 4) is 0 Å². The van der Waals surface area contributed by atoms with Gasteiger partial charge in [-0.2, -0.15) is 0 Å².